The van der Waals surface area contributed by atoms with Crippen LogP contribution in [0.5, 0.6) is 0 Å². The molecule has 0 spiro atoms. The van der Waals surface area contributed by atoms with E-state index in [-0.39, 0.29) is 12.2 Å². The van der Waals surface area contributed by atoms with Crippen molar-refractivity contribution in [2.75, 3.05) is 11.4 Å². The zero-order valence-electron chi connectivity index (χ0n) is 16.9. The third-order valence-electron chi connectivity index (χ3n) is 5.45. The molecule has 1 heterocycles. The first-order valence-corrected chi connectivity index (χ1v) is 10.5. The molecule has 1 aliphatic rings. The summed E-state index contributed by atoms with van der Waals surface area (Å²) in [6, 6.07) is 24.2. The lowest BCUT2D eigenvalue weighted by molar-refractivity contribution is -0.140. The number of carbonyl (C=O) groups is 2. The summed E-state index contributed by atoms with van der Waals surface area (Å²) in [5.41, 5.74) is 0.985. The molecular formula is C26H22ClNO3. The molecule has 0 saturated carbocycles. The normalized spacial score (nSPS) is 17.9. The zero-order valence-corrected chi connectivity index (χ0v) is 17.6. The van der Waals surface area contributed by atoms with Gasteiger partial charge in [0.15, 0.2) is 11.4 Å². The summed E-state index contributed by atoms with van der Waals surface area (Å²) < 4.78 is 0. The minimum absolute atomic E-state index is 0.337. The number of hydrogen-bond acceptors (Lipinski definition) is 3. The number of fused-ring (bicyclic) bond motifs is 1. The standard InChI is InChI=1S/C26H22ClNO3/c27-21-12-14-24-23(17-21)26(31,18-22(29)13-11-19-7-3-1-4-8-19)25(30)28(24)16-15-20-9-5-2-6-10-20/h1-14,17,31H,15-16,18H2/b13-11+/t26-/m1/s1. The third kappa shape index (κ3) is 4.46. The molecule has 0 saturated heterocycles. The highest BCUT2D eigenvalue weighted by molar-refractivity contribution is 6.31. The SMILES string of the molecule is O=C(/C=C/c1ccccc1)C[C@]1(O)C(=O)N(CCc2ccccc2)c2ccc(Cl)cc21. The molecule has 0 fully saturated rings. The third-order valence-corrected chi connectivity index (χ3v) is 5.69. The van der Waals surface area contributed by atoms with Gasteiger partial charge in [0, 0.05) is 17.1 Å². The van der Waals surface area contributed by atoms with Crippen LogP contribution in [0.2, 0.25) is 5.02 Å². The molecule has 0 aromatic heterocycles. The number of rotatable bonds is 7. The van der Waals surface area contributed by atoms with Crippen LogP contribution in [0.25, 0.3) is 6.08 Å². The van der Waals surface area contributed by atoms with Gasteiger partial charge >= 0.3 is 0 Å². The molecule has 5 heteroatoms. The second-order valence-electron chi connectivity index (χ2n) is 7.60. The Morgan fingerprint density at radius 3 is 2.39 bits per heavy atom. The summed E-state index contributed by atoms with van der Waals surface area (Å²) in [6.07, 6.45) is 3.37. The number of benzene rings is 3. The van der Waals surface area contributed by atoms with Crippen molar-refractivity contribution in [3.05, 3.63) is 107 Å². The van der Waals surface area contributed by atoms with E-state index < -0.39 is 11.5 Å². The molecule has 1 aliphatic heterocycles. The molecule has 0 bridgehead atoms. The maximum absolute atomic E-state index is 13.3. The van der Waals surface area contributed by atoms with Crippen LogP contribution in [-0.4, -0.2) is 23.3 Å². The lowest BCUT2D eigenvalue weighted by atomic mass is 9.89. The van der Waals surface area contributed by atoms with Crippen molar-refractivity contribution in [1.82, 2.24) is 0 Å². The van der Waals surface area contributed by atoms with Crippen LogP contribution < -0.4 is 4.90 Å². The largest absolute Gasteiger partial charge is 0.375 e. The molecule has 1 amide bonds. The van der Waals surface area contributed by atoms with Crippen LogP contribution in [0, 0.1) is 0 Å². The lowest BCUT2D eigenvalue weighted by Crippen LogP contribution is -2.42. The summed E-state index contributed by atoms with van der Waals surface area (Å²) in [7, 11) is 0. The molecule has 3 aromatic rings. The Kier molecular flexibility index (Phi) is 6.03. The smallest absolute Gasteiger partial charge is 0.264 e. The molecule has 0 unspecified atom stereocenters. The maximum Gasteiger partial charge on any atom is 0.264 e. The lowest BCUT2D eigenvalue weighted by Gasteiger charge is -2.22. The molecule has 0 radical (unpaired) electrons. The van der Waals surface area contributed by atoms with Crippen LogP contribution in [0.4, 0.5) is 5.69 Å². The molecule has 31 heavy (non-hydrogen) atoms. The van der Waals surface area contributed by atoms with Gasteiger partial charge in [-0.2, -0.15) is 0 Å². The van der Waals surface area contributed by atoms with Gasteiger partial charge in [0.25, 0.3) is 5.91 Å². The number of anilines is 1. The Morgan fingerprint density at radius 2 is 1.68 bits per heavy atom. The number of amides is 1. The van der Waals surface area contributed by atoms with Gasteiger partial charge in [-0.1, -0.05) is 78.3 Å². The van der Waals surface area contributed by atoms with Crippen molar-refractivity contribution in [2.45, 2.75) is 18.4 Å². The van der Waals surface area contributed by atoms with E-state index in [9.17, 15) is 14.7 Å². The molecule has 3 aromatic carbocycles. The zero-order chi connectivity index (χ0) is 21.8. The van der Waals surface area contributed by atoms with E-state index in [1.807, 2.05) is 60.7 Å². The average molecular weight is 432 g/mol. The quantitative estimate of drug-likeness (QED) is 0.547. The summed E-state index contributed by atoms with van der Waals surface area (Å²) in [6.45, 7) is 0.397. The number of allylic oxidation sites excluding steroid dienone is 1. The van der Waals surface area contributed by atoms with E-state index in [0.29, 0.717) is 29.2 Å². The number of nitrogens with zero attached hydrogens (tertiary/aromatic N) is 1. The second kappa shape index (κ2) is 8.88. The fraction of sp³-hybridized carbons (Fsp3) is 0.154. The Bertz CT molecular complexity index is 1130. The second-order valence-corrected chi connectivity index (χ2v) is 8.04. The van der Waals surface area contributed by atoms with Crippen LogP contribution in [0.1, 0.15) is 23.1 Å². The monoisotopic (exact) mass is 431 g/mol. The van der Waals surface area contributed by atoms with E-state index in [0.717, 1.165) is 11.1 Å². The van der Waals surface area contributed by atoms with Gasteiger partial charge < -0.3 is 10.0 Å². The van der Waals surface area contributed by atoms with Gasteiger partial charge in [0.1, 0.15) is 0 Å². The summed E-state index contributed by atoms with van der Waals surface area (Å²) in [5, 5.41) is 11.8. The van der Waals surface area contributed by atoms with Crippen molar-refractivity contribution in [3.63, 3.8) is 0 Å². The molecule has 156 valence electrons. The Hall–Kier alpha value is -3.21. The predicted octanol–water partition coefficient (Wildman–Crippen LogP) is 4.79. The predicted molar refractivity (Wildman–Crippen MR) is 123 cm³/mol. The van der Waals surface area contributed by atoms with Crippen molar-refractivity contribution >= 4 is 35.1 Å². The number of hydrogen-bond donors (Lipinski definition) is 1. The fourth-order valence-electron chi connectivity index (χ4n) is 3.87. The van der Waals surface area contributed by atoms with Crippen LogP contribution in [-0.2, 0) is 21.6 Å². The first-order valence-electron chi connectivity index (χ1n) is 10.1. The Morgan fingerprint density at radius 1 is 1.00 bits per heavy atom. The highest BCUT2D eigenvalue weighted by Crippen LogP contribution is 2.43. The average Bonchev–Trinajstić information content (AvgIpc) is 2.98. The van der Waals surface area contributed by atoms with Crippen molar-refractivity contribution < 1.29 is 14.7 Å². The Labute approximate surface area is 186 Å². The molecular weight excluding hydrogens is 410 g/mol. The van der Waals surface area contributed by atoms with Gasteiger partial charge in [0.05, 0.1) is 12.1 Å². The van der Waals surface area contributed by atoms with E-state index >= 15 is 0 Å². The van der Waals surface area contributed by atoms with Crippen LogP contribution >= 0.6 is 11.6 Å². The topological polar surface area (TPSA) is 57.6 Å². The van der Waals surface area contributed by atoms with Gasteiger partial charge in [-0.3, -0.25) is 9.59 Å². The maximum atomic E-state index is 13.3. The number of ketones is 1. The van der Waals surface area contributed by atoms with E-state index in [1.54, 1.807) is 29.2 Å². The summed E-state index contributed by atoms with van der Waals surface area (Å²) >= 11 is 6.16. The van der Waals surface area contributed by atoms with Gasteiger partial charge in [0.2, 0.25) is 0 Å². The summed E-state index contributed by atoms with van der Waals surface area (Å²) in [4.78, 5) is 27.5. The fourth-order valence-corrected chi connectivity index (χ4v) is 4.04. The summed E-state index contributed by atoms with van der Waals surface area (Å²) in [5.74, 6) is -0.835. The van der Waals surface area contributed by atoms with Crippen LogP contribution in [0.3, 0.4) is 0 Å². The molecule has 1 N–H and O–H groups in total. The number of carbonyl (C=O) groups excluding carboxylic acids is 2. The number of aliphatic hydroxyl groups is 1. The van der Waals surface area contributed by atoms with E-state index in [4.69, 9.17) is 11.6 Å². The highest BCUT2D eigenvalue weighted by atomic mass is 35.5. The minimum Gasteiger partial charge on any atom is -0.375 e. The van der Waals surface area contributed by atoms with E-state index in [1.165, 1.54) is 6.08 Å². The first-order chi connectivity index (χ1) is 15.0. The van der Waals surface area contributed by atoms with Crippen molar-refractivity contribution in [3.8, 4) is 0 Å². The molecule has 1 atom stereocenters. The first kappa shape index (κ1) is 21.0. The van der Waals surface area contributed by atoms with Gasteiger partial charge in [-0.15, -0.1) is 0 Å². The van der Waals surface area contributed by atoms with Crippen molar-refractivity contribution in [1.29, 1.82) is 0 Å². The van der Waals surface area contributed by atoms with Gasteiger partial charge in [-0.05, 0) is 41.8 Å². The highest BCUT2D eigenvalue weighted by Gasteiger charge is 2.50. The van der Waals surface area contributed by atoms with Crippen LogP contribution in [0.15, 0.2) is 84.9 Å². The molecule has 4 nitrogen and oxygen atoms in total. The van der Waals surface area contributed by atoms with Crippen molar-refractivity contribution in [2.24, 2.45) is 0 Å². The Balaban J connectivity index is 1.58. The minimum atomic E-state index is -1.94. The molecule has 4 rings (SSSR count). The molecule has 0 aliphatic carbocycles. The van der Waals surface area contributed by atoms with E-state index in [2.05, 4.69) is 0 Å². The number of halogens is 1. The van der Waals surface area contributed by atoms with Gasteiger partial charge in [-0.25, -0.2) is 0 Å².